The molecule has 5 heteroatoms. The summed E-state index contributed by atoms with van der Waals surface area (Å²) in [5.41, 5.74) is 6.43. The monoisotopic (exact) mass is 255 g/mol. The molecule has 0 saturated carbocycles. The molecule has 0 radical (unpaired) electrons. The maximum Gasteiger partial charge on any atom is 0.314 e. The molecule has 4 nitrogen and oxygen atoms in total. The molecule has 0 aromatic heterocycles. The fourth-order valence-corrected chi connectivity index (χ4v) is 2.06. The van der Waals surface area contributed by atoms with E-state index in [0.29, 0.717) is 11.3 Å². The first-order valence-corrected chi connectivity index (χ1v) is 5.27. The number of alkyl halides is 1. The summed E-state index contributed by atoms with van der Waals surface area (Å²) in [5, 5.41) is 0. The van der Waals surface area contributed by atoms with Gasteiger partial charge in [-0.2, -0.15) is 0 Å². The lowest BCUT2D eigenvalue weighted by molar-refractivity contribution is -0.144. The van der Waals surface area contributed by atoms with Crippen LogP contribution in [0, 0.1) is 18.3 Å². The van der Waals surface area contributed by atoms with Gasteiger partial charge < -0.3 is 15.2 Å². The third-order valence-corrected chi connectivity index (χ3v) is 3.17. The summed E-state index contributed by atoms with van der Waals surface area (Å²) in [6.07, 6.45) is 6.91. The van der Waals surface area contributed by atoms with Crippen molar-refractivity contribution in [3.8, 4) is 12.3 Å². The van der Waals surface area contributed by atoms with Gasteiger partial charge in [0.1, 0.15) is 11.7 Å². The van der Waals surface area contributed by atoms with Crippen LogP contribution in [0.1, 0.15) is 6.92 Å². The minimum absolute atomic E-state index is 0.271. The first kappa shape index (κ1) is 13.5. The Morgan fingerprint density at radius 3 is 2.65 bits per heavy atom. The average molecular weight is 256 g/mol. The lowest BCUT2D eigenvalue weighted by atomic mass is 9.81. The molecule has 0 saturated heterocycles. The highest BCUT2D eigenvalue weighted by Crippen LogP contribution is 2.41. The molecular weight excluding hydrogens is 242 g/mol. The summed E-state index contributed by atoms with van der Waals surface area (Å²) in [6.45, 7) is 1.63. The second-order valence-electron chi connectivity index (χ2n) is 3.74. The lowest BCUT2D eigenvalue weighted by Gasteiger charge is -2.33. The van der Waals surface area contributed by atoms with Gasteiger partial charge in [0.25, 0.3) is 0 Å². The standard InChI is InChI=1S/C12H14ClNO3/c1-5-7-10(14)9(16-3)6-8(11(15)17-4)12(7,2)13/h1,6,8H,14H2,2-4H3. The van der Waals surface area contributed by atoms with E-state index in [1.165, 1.54) is 20.3 Å². The van der Waals surface area contributed by atoms with Crippen molar-refractivity contribution in [2.24, 2.45) is 11.7 Å². The predicted octanol–water partition coefficient (Wildman–Crippen LogP) is 1.16. The van der Waals surface area contributed by atoms with Gasteiger partial charge in [0.2, 0.25) is 0 Å². The number of halogens is 1. The molecule has 0 amide bonds. The highest BCUT2D eigenvalue weighted by atomic mass is 35.5. The molecule has 1 rings (SSSR count). The highest BCUT2D eigenvalue weighted by Gasteiger charge is 2.44. The molecule has 92 valence electrons. The lowest BCUT2D eigenvalue weighted by Crippen LogP contribution is -2.40. The first-order chi connectivity index (χ1) is 7.89. The zero-order valence-corrected chi connectivity index (χ0v) is 10.7. The maximum atomic E-state index is 11.7. The number of carbonyl (C=O) groups excluding carboxylic acids is 1. The Morgan fingerprint density at radius 1 is 1.65 bits per heavy atom. The number of rotatable bonds is 2. The van der Waals surface area contributed by atoms with Crippen LogP contribution in [0.4, 0.5) is 0 Å². The van der Waals surface area contributed by atoms with Crippen LogP contribution in [0.15, 0.2) is 23.1 Å². The minimum atomic E-state index is -1.10. The molecule has 0 fully saturated rings. The van der Waals surface area contributed by atoms with Gasteiger partial charge in [0.05, 0.1) is 30.4 Å². The van der Waals surface area contributed by atoms with Gasteiger partial charge in [0.15, 0.2) is 0 Å². The fraction of sp³-hybridized carbons (Fsp3) is 0.417. The van der Waals surface area contributed by atoms with Gasteiger partial charge >= 0.3 is 5.97 Å². The number of methoxy groups -OCH3 is 2. The summed E-state index contributed by atoms with van der Waals surface area (Å²) in [6, 6.07) is 0. The van der Waals surface area contributed by atoms with Gasteiger partial charge in [-0.25, -0.2) is 0 Å². The second-order valence-corrected chi connectivity index (χ2v) is 4.53. The van der Waals surface area contributed by atoms with Gasteiger partial charge in [-0.15, -0.1) is 18.0 Å². The van der Waals surface area contributed by atoms with Gasteiger partial charge in [-0.1, -0.05) is 5.92 Å². The van der Waals surface area contributed by atoms with Crippen molar-refractivity contribution in [3.05, 3.63) is 23.1 Å². The van der Waals surface area contributed by atoms with E-state index in [1.54, 1.807) is 6.92 Å². The number of nitrogens with two attached hydrogens (primary N) is 1. The van der Waals surface area contributed by atoms with Crippen LogP contribution >= 0.6 is 11.6 Å². The SMILES string of the molecule is C#CC1=C(N)C(OC)=CC(C(=O)OC)C1(C)Cl. The third kappa shape index (κ3) is 2.11. The van der Waals surface area contributed by atoms with E-state index >= 15 is 0 Å². The van der Waals surface area contributed by atoms with E-state index in [-0.39, 0.29) is 5.70 Å². The Hall–Kier alpha value is -1.60. The molecule has 2 atom stereocenters. The second kappa shape index (κ2) is 4.72. The van der Waals surface area contributed by atoms with Crippen molar-refractivity contribution in [1.29, 1.82) is 0 Å². The zero-order valence-electron chi connectivity index (χ0n) is 9.91. The molecule has 0 aromatic rings. The zero-order chi connectivity index (χ0) is 13.2. The van der Waals surface area contributed by atoms with Crippen molar-refractivity contribution in [1.82, 2.24) is 0 Å². The predicted molar refractivity (Wildman–Crippen MR) is 64.9 cm³/mol. The number of carbonyl (C=O) groups is 1. The molecule has 0 aliphatic heterocycles. The number of hydrogen-bond acceptors (Lipinski definition) is 4. The van der Waals surface area contributed by atoms with Gasteiger partial charge in [-0.05, 0) is 13.0 Å². The van der Waals surface area contributed by atoms with Crippen LogP contribution in [0.3, 0.4) is 0 Å². The molecular formula is C12H14ClNO3. The molecule has 17 heavy (non-hydrogen) atoms. The number of esters is 1. The largest absolute Gasteiger partial charge is 0.495 e. The van der Waals surface area contributed by atoms with E-state index in [2.05, 4.69) is 5.92 Å². The van der Waals surface area contributed by atoms with Crippen LogP contribution in [0.25, 0.3) is 0 Å². The van der Waals surface area contributed by atoms with E-state index < -0.39 is 16.8 Å². The van der Waals surface area contributed by atoms with Crippen molar-refractivity contribution in [3.63, 3.8) is 0 Å². The molecule has 0 spiro atoms. The van der Waals surface area contributed by atoms with Crippen molar-refractivity contribution >= 4 is 17.6 Å². The van der Waals surface area contributed by atoms with Crippen LogP contribution in [-0.2, 0) is 14.3 Å². The highest BCUT2D eigenvalue weighted by molar-refractivity contribution is 6.28. The van der Waals surface area contributed by atoms with Crippen molar-refractivity contribution in [2.45, 2.75) is 11.8 Å². The Balaban J connectivity index is 3.36. The van der Waals surface area contributed by atoms with Crippen LogP contribution in [0.2, 0.25) is 0 Å². The fourth-order valence-electron chi connectivity index (χ4n) is 1.75. The van der Waals surface area contributed by atoms with Crippen molar-refractivity contribution < 1.29 is 14.3 Å². The van der Waals surface area contributed by atoms with Gasteiger partial charge in [-0.3, -0.25) is 4.79 Å². The smallest absolute Gasteiger partial charge is 0.314 e. The van der Waals surface area contributed by atoms with E-state index in [1.807, 2.05) is 0 Å². The number of allylic oxidation sites excluding steroid dienone is 1. The summed E-state index contributed by atoms with van der Waals surface area (Å²) in [5.74, 6) is 1.53. The van der Waals surface area contributed by atoms with Crippen molar-refractivity contribution in [2.75, 3.05) is 14.2 Å². The molecule has 0 bridgehead atoms. The first-order valence-electron chi connectivity index (χ1n) is 4.89. The van der Waals surface area contributed by atoms with Crippen LogP contribution in [0.5, 0.6) is 0 Å². The Morgan fingerprint density at radius 2 is 2.24 bits per heavy atom. The molecule has 0 heterocycles. The molecule has 1 aliphatic rings. The number of hydrogen-bond donors (Lipinski definition) is 1. The van der Waals surface area contributed by atoms with Crippen LogP contribution < -0.4 is 5.73 Å². The number of terminal acetylenes is 1. The average Bonchev–Trinajstić information content (AvgIpc) is 2.28. The summed E-state index contributed by atoms with van der Waals surface area (Å²) in [7, 11) is 2.73. The van der Waals surface area contributed by atoms with E-state index in [0.717, 1.165) is 0 Å². The third-order valence-electron chi connectivity index (χ3n) is 2.75. The number of ether oxygens (including phenoxy) is 2. The minimum Gasteiger partial charge on any atom is -0.495 e. The maximum absolute atomic E-state index is 11.7. The Bertz CT molecular complexity index is 443. The summed E-state index contributed by atoms with van der Waals surface area (Å²) < 4.78 is 9.76. The van der Waals surface area contributed by atoms with Crippen LogP contribution in [-0.4, -0.2) is 25.1 Å². The molecule has 2 unspecified atom stereocenters. The normalized spacial score (nSPS) is 28.2. The van der Waals surface area contributed by atoms with E-state index in [4.69, 9.17) is 33.2 Å². The summed E-state index contributed by atoms with van der Waals surface area (Å²) >= 11 is 6.31. The topological polar surface area (TPSA) is 61.5 Å². The molecule has 0 aromatic carbocycles. The Kier molecular flexibility index (Phi) is 3.74. The summed E-state index contributed by atoms with van der Waals surface area (Å²) in [4.78, 5) is 10.6. The molecule has 2 N–H and O–H groups in total. The molecule has 1 aliphatic carbocycles. The quantitative estimate of drug-likeness (QED) is 0.457. The van der Waals surface area contributed by atoms with Gasteiger partial charge in [0, 0.05) is 0 Å². The van der Waals surface area contributed by atoms with E-state index in [9.17, 15) is 4.79 Å². The Labute approximate surface area is 105 Å².